The molecule has 1 aromatic carbocycles. The Morgan fingerprint density at radius 2 is 1.70 bits per heavy atom. The highest BCUT2D eigenvalue weighted by Gasteiger charge is 2.36. The van der Waals surface area contributed by atoms with Crippen molar-refractivity contribution >= 4 is 20.1 Å². The summed E-state index contributed by atoms with van der Waals surface area (Å²) in [5.41, 5.74) is 0. The first-order valence-electron chi connectivity index (χ1n) is 9.46. The monoisotopic (exact) mass is 393 g/mol. The van der Waals surface area contributed by atoms with Crippen LogP contribution in [0.5, 0.6) is 11.5 Å². The molecule has 1 aliphatic heterocycles. The van der Waals surface area contributed by atoms with Gasteiger partial charge < -0.3 is 13.9 Å². The number of imide groups is 1. The lowest BCUT2D eigenvalue weighted by Crippen LogP contribution is -2.46. The van der Waals surface area contributed by atoms with Crippen molar-refractivity contribution in [2.24, 2.45) is 0 Å². The molecule has 1 heterocycles. The van der Waals surface area contributed by atoms with Crippen LogP contribution in [0.25, 0.3) is 0 Å². The quantitative estimate of drug-likeness (QED) is 0.414. The summed E-state index contributed by atoms with van der Waals surface area (Å²) in [5.74, 6) is 0.700. The van der Waals surface area contributed by atoms with E-state index >= 15 is 0 Å². The Bertz CT molecular complexity index is 651. The fourth-order valence-electron chi connectivity index (χ4n) is 2.36. The maximum Gasteiger partial charge on any atom is 0.267 e. The number of rotatable bonds is 8. The van der Waals surface area contributed by atoms with E-state index in [-0.39, 0.29) is 16.9 Å². The van der Waals surface area contributed by atoms with E-state index in [0.29, 0.717) is 31.8 Å². The predicted octanol–water partition coefficient (Wildman–Crippen LogP) is 3.66. The second-order valence-corrected chi connectivity index (χ2v) is 13.1. The van der Waals surface area contributed by atoms with E-state index in [4.69, 9.17) is 13.9 Å². The first-order valence-corrected chi connectivity index (χ1v) is 12.4. The van der Waals surface area contributed by atoms with Crippen molar-refractivity contribution in [3.8, 4) is 11.5 Å². The summed E-state index contributed by atoms with van der Waals surface area (Å²) in [6, 6.07) is 7.17. The van der Waals surface area contributed by atoms with Crippen molar-refractivity contribution in [3.63, 3.8) is 0 Å². The fraction of sp³-hybridized carbons (Fsp3) is 0.600. The Hall–Kier alpha value is -1.86. The van der Waals surface area contributed by atoms with E-state index in [0.717, 1.165) is 12.2 Å². The molecule has 6 nitrogen and oxygen atoms in total. The van der Waals surface area contributed by atoms with Gasteiger partial charge in [-0.1, -0.05) is 20.8 Å². The van der Waals surface area contributed by atoms with E-state index in [1.165, 1.54) is 0 Å². The first-order chi connectivity index (χ1) is 12.6. The maximum absolute atomic E-state index is 11.7. The Morgan fingerprint density at radius 3 is 2.30 bits per heavy atom. The zero-order chi connectivity index (χ0) is 20.1. The summed E-state index contributed by atoms with van der Waals surface area (Å²) >= 11 is 0. The summed E-state index contributed by atoms with van der Waals surface area (Å²) in [7, 11) is -1.70. The highest BCUT2D eigenvalue weighted by atomic mass is 28.4. The van der Waals surface area contributed by atoms with Gasteiger partial charge in [-0.15, -0.1) is 0 Å². The van der Waals surface area contributed by atoms with E-state index in [9.17, 15) is 9.59 Å². The molecule has 1 aliphatic rings. The number of hydrogen-bond acceptors (Lipinski definition) is 5. The second-order valence-electron chi connectivity index (χ2n) is 8.34. The molecule has 150 valence electrons. The smallest absolute Gasteiger partial charge is 0.267 e. The van der Waals surface area contributed by atoms with Crippen molar-refractivity contribution in [2.75, 3.05) is 13.2 Å². The molecule has 2 amide bonds. The molecule has 0 spiro atoms. The van der Waals surface area contributed by atoms with Crippen LogP contribution >= 0.6 is 0 Å². The molecule has 0 radical (unpaired) electrons. The molecule has 0 saturated carbocycles. The lowest BCUT2D eigenvalue weighted by Gasteiger charge is -2.36. The molecule has 1 atom stereocenters. The molecule has 2 rings (SSSR count). The van der Waals surface area contributed by atoms with E-state index in [2.05, 4.69) is 39.2 Å². The highest BCUT2D eigenvalue weighted by Crippen LogP contribution is 2.36. The first kappa shape index (κ1) is 21.4. The van der Waals surface area contributed by atoms with Crippen molar-refractivity contribution in [2.45, 2.75) is 64.3 Å². The van der Waals surface area contributed by atoms with Crippen LogP contribution in [0.1, 0.15) is 40.0 Å². The normalized spacial score (nSPS) is 18.2. The second kappa shape index (κ2) is 8.88. The molecular formula is C20H31NO5Si. The molecule has 0 bridgehead atoms. The highest BCUT2D eigenvalue weighted by molar-refractivity contribution is 6.74. The topological polar surface area (TPSA) is 73.9 Å². The zero-order valence-electron chi connectivity index (χ0n) is 17.0. The van der Waals surface area contributed by atoms with Crippen LogP contribution in [0.3, 0.4) is 0 Å². The van der Waals surface area contributed by atoms with Gasteiger partial charge in [0.15, 0.2) is 14.4 Å². The summed E-state index contributed by atoms with van der Waals surface area (Å²) in [6.45, 7) is 12.5. The SMILES string of the molecule is CC(C)(C)[Si](C)(C)OCCCOc1ccc(OC2CCC(=O)NC2=O)cc1. The van der Waals surface area contributed by atoms with Gasteiger partial charge in [-0.05, 0) is 42.4 Å². The number of amides is 2. The van der Waals surface area contributed by atoms with Crippen molar-refractivity contribution in [1.29, 1.82) is 0 Å². The molecule has 7 heteroatoms. The van der Waals surface area contributed by atoms with Crippen LogP contribution in [0.2, 0.25) is 18.1 Å². The van der Waals surface area contributed by atoms with Crippen molar-refractivity contribution in [3.05, 3.63) is 24.3 Å². The third-order valence-corrected chi connectivity index (χ3v) is 9.66. The number of hydrogen-bond donors (Lipinski definition) is 1. The maximum atomic E-state index is 11.7. The Labute approximate surface area is 162 Å². The average molecular weight is 394 g/mol. The Morgan fingerprint density at radius 1 is 1.07 bits per heavy atom. The number of carbonyl (C=O) groups is 2. The summed E-state index contributed by atoms with van der Waals surface area (Å²) in [5, 5.41) is 2.50. The van der Waals surface area contributed by atoms with Crippen LogP contribution in [0.15, 0.2) is 24.3 Å². The van der Waals surface area contributed by atoms with E-state index in [1.54, 1.807) is 12.1 Å². The van der Waals surface area contributed by atoms with Gasteiger partial charge in [-0.2, -0.15) is 0 Å². The Balaban J connectivity index is 1.71. The average Bonchev–Trinajstić information content (AvgIpc) is 2.57. The van der Waals surface area contributed by atoms with Crippen LogP contribution in [-0.4, -0.2) is 39.4 Å². The van der Waals surface area contributed by atoms with Gasteiger partial charge in [0.2, 0.25) is 5.91 Å². The molecule has 1 aromatic rings. The van der Waals surface area contributed by atoms with E-state index < -0.39 is 14.4 Å². The van der Waals surface area contributed by atoms with Gasteiger partial charge >= 0.3 is 0 Å². The minimum atomic E-state index is -1.70. The molecule has 1 N–H and O–H groups in total. The van der Waals surface area contributed by atoms with Gasteiger partial charge in [-0.25, -0.2) is 0 Å². The molecular weight excluding hydrogens is 362 g/mol. The third kappa shape index (κ3) is 6.36. The number of ether oxygens (including phenoxy) is 2. The predicted molar refractivity (Wildman–Crippen MR) is 107 cm³/mol. The lowest BCUT2D eigenvalue weighted by atomic mass is 10.1. The standard InChI is InChI=1S/C20H31NO5Si/c1-20(2,3)27(4,5)25-14-6-13-24-15-7-9-16(10-8-15)26-17-11-12-18(22)21-19(17)23/h7-10,17H,6,11-14H2,1-5H3,(H,21,22,23). The summed E-state index contributed by atoms with van der Waals surface area (Å²) in [6.07, 6.45) is 0.911. The van der Waals surface area contributed by atoms with Crippen molar-refractivity contribution in [1.82, 2.24) is 5.32 Å². The fourth-order valence-corrected chi connectivity index (χ4v) is 3.45. The lowest BCUT2D eigenvalue weighted by molar-refractivity contribution is -0.138. The number of piperidine rings is 1. The summed E-state index contributed by atoms with van der Waals surface area (Å²) in [4.78, 5) is 22.9. The molecule has 1 saturated heterocycles. The number of carbonyl (C=O) groups excluding carboxylic acids is 2. The molecule has 0 aromatic heterocycles. The zero-order valence-corrected chi connectivity index (χ0v) is 18.0. The van der Waals surface area contributed by atoms with Crippen LogP contribution in [0, 0.1) is 0 Å². The third-order valence-electron chi connectivity index (χ3n) is 5.12. The van der Waals surface area contributed by atoms with Gasteiger partial charge in [0.1, 0.15) is 11.5 Å². The van der Waals surface area contributed by atoms with Gasteiger partial charge in [0, 0.05) is 25.9 Å². The minimum absolute atomic E-state index is 0.214. The van der Waals surface area contributed by atoms with Crippen LogP contribution in [0.4, 0.5) is 0 Å². The summed E-state index contributed by atoms with van der Waals surface area (Å²) < 4.78 is 17.5. The van der Waals surface area contributed by atoms with Crippen LogP contribution < -0.4 is 14.8 Å². The largest absolute Gasteiger partial charge is 0.494 e. The van der Waals surface area contributed by atoms with E-state index in [1.807, 2.05) is 12.1 Å². The molecule has 0 aliphatic carbocycles. The van der Waals surface area contributed by atoms with Gasteiger partial charge in [-0.3, -0.25) is 14.9 Å². The molecule has 27 heavy (non-hydrogen) atoms. The minimum Gasteiger partial charge on any atom is -0.494 e. The van der Waals surface area contributed by atoms with Gasteiger partial charge in [0.25, 0.3) is 5.91 Å². The molecule has 1 unspecified atom stereocenters. The number of benzene rings is 1. The molecule has 1 fully saturated rings. The van der Waals surface area contributed by atoms with Gasteiger partial charge in [0.05, 0.1) is 6.61 Å². The Kier molecular flexibility index (Phi) is 7.05. The number of nitrogens with one attached hydrogen (secondary N) is 1. The van der Waals surface area contributed by atoms with Crippen LogP contribution in [-0.2, 0) is 14.0 Å². The van der Waals surface area contributed by atoms with Crippen molar-refractivity contribution < 1.29 is 23.5 Å².